The smallest absolute Gasteiger partial charge is 0.205 e. The minimum atomic E-state index is 0.809. The zero-order chi connectivity index (χ0) is 17.9. The fourth-order valence-corrected chi connectivity index (χ4v) is 3.72. The first kappa shape index (κ1) is 16.4. The van der Waals surface area contributed by atoms with Gasteiger partial charge in [-0.05, 0) is 18.2 Å². The second-order valence-corrected chi connectivity index (χ2v) is 6.51. The Morgan fingerprint density at radius 3 is 2.77 bits per heavy atom. The largest absolute Gasteiger partial charge is 0.496 e. The number of thiazole rings is 1. The van der Waals surface area contributed by atoms with Gasteiger partial charge in [-0.15, -0.1) is 11.3 Å². The topological polar surface area (TPSA) is 54.7 Å². The number of rotatable bonds is 4. The predicted octanol–water partition coefficient (Wildman–Crippen LogP) is 4.12. The van der Waals surface area contributed by atoms with Crippen LogP contribution < -0.4 is 9.54 Å². The Labute approximate surface area is 154 Å². The van der Waals surface area contributed by atoms with Gasteiger partial charge in [-0.25, -0.2) is 4.68 Å². The first-order chi connectivity index (χ1) is 12.8. The van der Waals surface area contributed by atoms with Crippen molar-refractivity contribution in [1.82, 2.24) is 9.66 Å². The van der Waals surface area contributed by atoms with E-state index in [0.29, 0.717) is 0 Å². The van der Waals surface area contributed by atoms with E-state index in [1.165, 1.54) is 0 Å². The number of nitrogens with one attached hydrogen (secondary N) is 1. The molecule has 0 saturated carbocycles. The number of hydrogen-bond donors (Lipinski definition) is 1. The van der Waals surface area contributed by atoms with Crippen LogP contribution in [0.3, 0.4) is 0 Å². The average molecular weight is 362 g/mol. The average Bonchev–Trinajstić information content (AvgIpc) is 3.29. The van der Waals surface area contributed by atoms with Gasteiger partial charge in [0.15, 0.2) is 0 Å². The summed E-state index contributed by atoms with van der Waals surface area (Å²) < 4.78 is 7.36. The van der Waals surface area contributed by atoms with Crippen LogP contribution in [0, 0.1) is 0 Å². The summed E-state index contributed by atoms with van der Waals surface area (Å²) in [4.78, 5) is 8.44. The Balaban J connectivity index is 1.83. The number of para-hydroxylation sites is 2. The van der Waals surface area contributed by atoms with E-state index in [0.717, 1.165) is 38.3 Å². The Morgan fingerprint density at radius 1 is 1.12 bits per heavy atom. The van der Waals surface area contributed by atoms with Crippen LogP contribution in [0.5, 0.6) is 5.75 Å². The highest BCUT2D eigenvalue weighted by molar-refractivity contribution is 7.07. The third-order valence-corrected chi connectivity index (χ3v) is 5.10. The molecule has 2 aromatic carbocycles. The quantitative estimate of drug-likeness (QED) is 0.546. The SMILES string of the molecule is CN=c1scc(-c2ccccc2OC)n1N=Cc1c[nH]c2ccccc12. The highest BCUT2D eigenvalue weighted by Gasteiger charge is 2.11. The van der Waals surface area contributed by atoms with Crippen LogP contribution in [0.2, 0.25) is 0 Å². The lowest BCUT2D eigenvalue weighted by Gasteiger charge is -2.08. The maximum absolute atomic E-state index is 5.51. The number of ether oxygens (including phenoxy) is 1. The van der Waals surface area contributed by atoms with Gasteiger partial charge in [-0.3, -0.25) is 4.99 Å². The number of fused-ring (bicyclic) bond motifs is 1. The van der Waals surface area contributed by atoms with E-state index < -0.39 is 0 Å². The molecule has 0 aliphatic heterocycles. The van der Waals surface area contributed by atoms with Crippen molar-refractivity contribution in [2.45, 2.75) is 0 Å². The number of methoxy groups -OCH3 is 1. The fraction of sp³-hybridized carbons (Fsp3) is 0.100. The molecule has 0 spiro atoms. The van der Waals surface area contributed by atoms with Crippen LogP contribution >= 0.6 is 11.3 Å². The number of nitrogens with zero attached hydrogens (tertiary/aromatic N) is 3. The van der Waals surface area contributed by atoms with Gasteiger partial charge in [0, 0.05) is 40.7 Å². The molecule has 0 atom stereocenters. The van der Waals surface area contributed by atoms with Gasteiger partial charge < -0.3 is 9.72 Å². The van der Waals surface area contributed by atoms with Crippen LogP contribution in [0.1, 0.15) is 5.56 Å². The standard InChI is InChI=1S/C20H18N4OS/c1-21-20-24(18(13-26-20)16-8-4-6-10-19(16)25-2)23-12-14-11-22-17-9-5-3-7-15(14)17/h3-13,22H,1-2H3. The van der Waals surface area contributed by atoms with E-state index in [-0.39, 0.29) is 0 Å². The molecular weight excluding hydrogens is 344 g/mol. The zero-order valence-corrected chi connectivity index (χ0v) is 15.3. The summed E-state index contributed by atoms with van der Waals surface area (Å²) in [5.74, 6) is 0.809. The van der Waals surface area contributed by atoms with Crippen LogP contribution in [0.15, 0.2) is 70.2 Å². The minimum Gasteiger partial charge on any atom is -0.496 e. The lowest BCUT2D eigenvalue weighted by Crippen LogP contribution is -2.11. The molecule has 0 aliphatic rings. The van der Waals surface area contributed by atoms with E-state index in [2.05, 4.69) is 22.1 Å². The molecule has 4 aromatic rings. The molecule has 4 rings (SSSR count). The number of hydrogen-bond acceptors (Lipinski definition) is 4. The molecule has 5 nitrogen and oxygen atoms in total. The summed E-state index contributed by atoms with van der Waals surface area (Å²) >= 11 is 1.55. The Kier molecular flexibility index (Phi) is 4.41. The van der Waals surface area contributed by atoms with Gasteiger partial charge in [0.2, 0.25) is 4.80 Å². The molecular formula is C20H18N4OS. The number of benzene rings is 2. The summed E-state index contributed by atoms with van der Waals surface area (Å²) in [6, 6.07) is 16.1. The van der Waals surface area contributed by atoms with E-state index >= 15 is 0 Å². The summed E-state index contributed by atoms with van der Waals surface area (Å²) in [6.45, 7) is 0. The Morgan fingerprint density at radius 2 is 1.92 bits per heavy atom. The molecule has 26 heavy (non-hydrogen) atoms. The molecule has 6 heteroatoms. The normalized spacial score (nSPS) is 12.3. The van der Waals surface area contributed by atoms with Crippen molar-refractivity contribution in [3.8, 4) is 17.0 Å². The third kappa shape index (κ3) is 2.84. The van der Waals surface area contributed by atoms with Crippen LogP contribution in [0.4, 0.5) is 0 Å². The van der Waals surface area contributed by atoms with Crippen LogP contribution in [-0.2, 0) is 0 Å². The van der Waals surface area contributed by atoms with E-state index in [9.17, 15) is 0 Å². The Hall–Kier alpha value is -3.12. The first-order valence-electron chi connectivity index (χ1n) is 8.19. The number of aromatic nitrogens is 2. The van der Waals surface area contributed by atoms with Crippen molar-refractivity contribution in [1.29, 1.82) is 0 Å². The molecule has 0 saturated heterocycles. The van der Waals surface area contributed by atoms with Gasteiger partial charge in [0.25, 0.3) is 0 Å². The minimum absolute atomic E-state index is 0.809. The van der Waals surface area contributed by atoms with Crippen molar-refractivity contribution < 1.29 is 4.74 Å². The second kappa shape index (κ2) is 7.01. The summed E-state index contributed by atoms with van der Waals surface area (Å²) in [7, 11) is 3.45. The van der Waals surface area contributed by atoms with E-state index in [1.807, 2.05) is 58.9 Å². The van der Waals surface area contributed by atoms with Gasteiger partial charge in [0.1, 0.15) is 5.75 Å². The molecule has 1 N–H and O–H groups in total. The molecule has 2 aromatic heterocycles. The maximum Gasteiger partial charge on any atom is 0.205 e. The van der Waals surface area contributed by atoms with Crippen molar-refractivity contribution >= 4 is 28.5 Å². The molecule has 0 amide bonds. The first-order valence-corrected chi connectivity index (χ1v) is 9.07. The van der Waals surface area contributed by atoms with Crippen molar-refractivity contribution in [2.75, 3.05) is 14.2 Å². The van der Waals surface area contributed by atoms with E-state index in [4.69, 9.17) is 9.84 Å². The molecule has 0 bridgehead atoms. The summed E-state index contributed by atoms with van der Waals surface area (Å²) in [5.41, 5.74) is 4.06. The Bertz CT molecular complexity index is 1150. The maximum atomic E-state index is 5.51. The molecule has 0 unspecified atom stereocenters. The lowest BCUT2D eigenvalue weighted by molar-refractivity contribution is 0.416. The second-order valence-electron chi connectivity index (χ2n) is 5.67. The lowest BCUT2D eigenvalue weighted by atomic mass is 10.1. The third-order valence-electron chi connectivity index (χ3n) is 4.19. The molecule has 0 aliphatic carbocycles. The van der Waals surface area contributed by atoms with Crippen molar-refractivity contribution in [2.24, 2.45) is 10.1 Å². The molecule has 2 heterocycles. The summed E-state index contributed by atoms with van der Waals surface area (Å²) in [5, 5.41) is 7.90. The van der Waals surface area contributed by atoms with Gasteiger partial charge in [0.05, 0.1) is 19.0 Å². The molecule has 0 radical (unpaired) electrons. The van der Waals surface area contributed by atoms with E-state index in [1.54, 1.807) is 25.5 Å². The summed E-state index contributed by atoms with van der Waals surface area (Å²) in [6.07, 6.45) is 3.83. The van der Waals surface area contributed by atoms with Crippen LogP contribution in [-0.4, -0.2) is 30.0 Å². The zero-order valence-electron chi connectivity index (χ0n) is 14.5. The van der Waals surface area contributed by atoms with Crippen molar-refractivity contribution in [3.63, 3.8) is 0 Å². The highest BCUT2D eigenvalue weighted by Crippen LogP contribution is 2.30. The van der Waals surface area contributed by atoms with Gasteiger partial charge in [-0.1, -0.05) is 30.3 Å². The highest BCUT2D eigenvalue weighted by atomic mass is 32.1. The fourth-order valence-electron chi connectivity index (χ4n) is 2.92. The predicted molar refractivity (Wildman–Crippen MR) is 107 cm³/mol. The number of aromatic amines is 1. The number of H-pyrrole nitrogens is 1. The van der Waals surface area contributed by atoms with Crippen LogP contribution in [0.25, 0.3) is 22.2 Å². The van der Waals surface area contributed by atoms with Gasteiger partial charge in [-0.2, -0.15) is 5.10 Å². The molecule has 130 valence electrons. The monoisotopic (exact) mass is 362 g/mol. The molecule has 0 fully saturated rings. The van der Waals surface area contributed by atoms with Gasteiger partial charge >= 0.3 is 0 Å². The van der Waals surface area contributed by atoms with Crippen molar-refractivity contribution in [3.05, 3.63) is 70.5 Å².